The van der Waals surface area contributed by atoms with Crippen molar-refractivity contribution in [2.75, 3.05) is 26.7 Å². The predicted octanol–water partition coefficient (Wildman–Crippen LogP) is 1.84. The van der Waals surface area contributed by atoms with Gasteiger partial charge in [0.05, 0.1) is 13.2 Å². The van der Waals surface area contributed by atoms with E-state index >= 15 is 0 Å². The van der Waals surface area contributed by atoms with E-state index < -0.39 is 27.8 Å². The van der Waals surface area contributed by atoms with Crippen LogP contribution >= 0.6 is 0 Å². The number of carbonyl (C=O) groups is 1. The van der Waals surface area contributed by atoms with Crippen LogP contribution < -0.4 is 4.74 Å². The molecule has 2 aliphatic rings. The maximum absolute atomic E-state index is 13.5. The number of benzene rings is 1. The normalized spacial score (nSPS) is 23.7. The fraction of sp³-hybridized carbons (Fsp3) is 0.640. The van der Waals surface area contributed by atoms with Gasteiger partial charge in [0.25, 0.3) is 0 Å². The summed E-state index contributed by atoms with van der Waals surface area (Å²) in [6.45, 7) is 6.84. The van der Waals surface area contributed by atoms with E-state index in [4.69, 9.17) is 4.74 Å². The molecule has 9 heteroatoms. The molecular formula is C25H36N2O6S. The minimum absolute atomic E-state index is 0.00789. The molecule has 1 fully saturated rings. The van der Waals surface area contributed by atoms with Crippen molar-refractivity contribution < 1.29 is 28.2 Å². The molecule has 0 saturated heterocycles. The summed E-state index contributed by atoms with van der Waals surface area (Å²) >= 11 is 0. The number of hydrogen-bond donors (Lipinski definition) is 2. The number of carbonyl (C=O) groups excluding carboxylic acids is 1. The van der Waals surface area contributed by atoms with Crippen LogP contribution in [-0.4, -0.2) is 78.2 Å². The lowest BCUT2D eigenvalue weighted by atomic mass is 9.84. The second kappa shape index (κ2) is 10.2. The van der Waals surface area contributed by atoms with Gasteiger partial charge in [0, 0.05) is 37.0 Å². The largest absolute Gasteiger partial charge is 0.487 e. The van der Waals surface area contributed by atoms with Gasteiger partial charge in [-0.05, 0) is 51.8 Å². The summed E-state index contributed by atoms with van der Waals surface area (Å²) in [5.41, 5.74) is -0.699. The van der Waals surface area contributed by atoms with Crippen LogP contribution in [0.25, 0.3) is 0 Å². The van der Waals surface area contributed by atoms with Crippen molar-refractivity contribution in [2.45, 2.75) is 69.6 Å². The van der Waals surface area contributed by atoms with Gasteiger partial charge >= 0.3 is 0 Å². The van der Waals surface area contributed by atoms with Crippen LogP contribution in [0.3, 0.4) is 0 Å². The SMILES string of the molecule is C[C@@H]1CN([C@H](C)CO)S(=O)(=O)c2ccc(C#CC(C)(C)O)cc2O[C@H]1CN(C)C(=O)C1CCC1. The first kappa shape index (κ1) is 26.5. The molecule has 1 aromatic carbocycles. The molecule has 0 unspecified atom stereocenters. The molecule has 0 bridgehead atoms. The number of aliphatic hydroxyl groups excluding tert-OH is 1. The summed E-state index contributed by atoms with van der Waals surface area (Å²) in [4.78, 5) is 14.4. The van der Waals surface area contributed by atoms with Crippen LogP contribution in [0, 0.1) is 23.7 Å². The van der Waals surface area contributed by atoms with Gasteiger partial charge in [0.1, 0.15) is 22.4 Å². The van der Waals surface area contributed by atoms with Gasteiger partial charge < -0.3 is 19.8 Å². The molecule has 1 saturated carbocycles. The Bertz CT molecular complexity index is 1070. The second-order valence-electron chi connectivity index (χ2n) is 10.1. The third-order valence-electron chi connectivity index (χ3n) is 6.46. The highest BCUT2D eigenvalue weighted by Crippen LogP contribution is 2.35. The minimum Gasteiger partial charge on any atom is -0.487 e. The third-order valence-corrected chi connectivity index (χ3v) is 8.48. The average Bonchev–Trinajstić information content (AvgIpc) is 2.72. The quantitative estimate of drug-likeness (QED) is 0.608. The zero-order valence-electron chi connectivity index (χ0n) is 20.6. The molecule has 3 atom stereocenters. The minimum atomic E-state index is -3.95. The first-order valence-electron chi connectivity index (χ1n) is 11.8. The lowest BCUT2D eigenvalue weighted by molar-refractivity contribution is -0.138. The van der Waals surface area contributed by atoms with E-state index in [1.165, 1.54) is 10.4 Å². The van der Waals surface area contributed by atoms with Gasteiger partial charge in [-0.3, -0.25) is 4.79 Å². The Labute approximate surface area is 202 Å². The molecule has 8 nitrogen and oxygen atoms in total. The molecule has 3 rings (SSSR count). The molecule has 1 amide bonds. The van der Waals surface area contributed by atoms with Gasteiger partial charge in [-0.15, -0.1) is 0 Å². The van der Waals surface area contributed by atoms with Crippen LogP contribution in [0.2, 0.25) is 0 Å². The van der Waals surface area contributed by atoms with Crippen LogP contribution in [0.1, 0.15) is 52.5 Å². The number of nitrogens with zero attached hydrogens (tertiary/aromatic N) is 2. The van der Waals surface area contributed by atoms with Crippen molar-refractivity contribution in [1.29, 1.82) is 0 Å². The van der Waals surface area contributed by atoms with E-state index in [2.05, 4.69) is 11.8 Å². The summed E-state index contributed by atoms with van der Waals surface area (Å²) in [5, 5.41) is 19.7. The summed E-state index contributed by atoms with van der Waals surface area (Å²) in [6, 6.07) is 3.97. The van der Waals surface area contributed by atoms with E-state index in [-0.39, 0.29) is 41.5 Å². The molecule has 0 aromatic heterocycles. The second-order valence-corrected chi connectivity index (χ2v) is 11.9. The monoisotopic (exact) mass is 492 g/mol. The summed E-state index contributed by atoms with van der Waals surface area (Å²) in [7, 11) is -2.20. The summed E-state index contributed by atoms with van der Waals surface area (Å²) < 4.78 is 34.6. The van der Waals surface area contributed by atoms with E-state index in [1.807, 2.05) is 6.92 Å². The Morgan fingerprint density at radius 3 is 2.59 bits per heavy atom. The van der Waals surface area contributed by atoms with Gasteiger partial charge in [0.15, 0.2) is 0 Å². The molecule has 34 heavy (non-hydrogen) atoms. The van der Waals surface area contributed by atoms with E-state index in [9.17, 15) is 23.4 Å². The highest BCUT2D eigenvalue weighted by Gasteiger charge is 2.39. The first-order valence-corrected chi connectivity index (χ1v) is 13.2. The Morgan fingerprint density at radius 1 is 1.35 bits per heavy atom. The van der Waals surface area contributed by atoms with Crippen LogP contribution in [-0.2, 0) is 14.8 Å². The van der Waals surface area contributed by atoms with Gasteiger partial charge in [0.2, 0.25) is 15.9 Å². The number of amides is 1. The van der Waals surface area contributed by atoms with Crippen LogP contribution in [0.4, 0.5) is 0 Å². The van der Waals surface area contributed by atoms with Crippen molar-refractivity contribution in [3.63, 3.8) is 0 Å². The lowest BCUT2D eigenvalue weighted by Gasteiger charge is -2.38. The number of likely N-dealkylation sites (N-methyl/N-ethyl adjacent to an activating group) is 1. The molecule has 2 N–H and O–H groups in total. The highest BCUT2D eigenvalue weighted by molar-refractivity contribution is 7.89. The third kappa shape index (κ3) is 5.92. The Morgan fingerprint density at radius 2 is 2.03 bits per heavy atom. The molecule has 0 spiro atoms. The smallest absolute Gasteiger partial charge is 0.247 e. The molecule has 1 aliphatic carbocycles. The van der Waals surface area contributed by atoms with Crippen molar-refractivity contribution in [3.05, 3.63) is 23.8 Å². The van der Waals surface area contributed by atoms with Gasteiger partial charge in [-0.25, -0.2) is 8.42 Å². The Hall–Kier alpha value is -2.12. The van der Waals surface area contributed by atoms with Gasteiger partial charge in [-0.2, -0.15) is 4.31 Å². The molecule has 1 aromatic rings. The number of aliphatic hydroxyl groups is 2. The van der Waals surface area contributed by atoms with Crippen LogP contribution in [0.5, 0.6) is 5.75 Å². The maximum Gasteiger partial charge on any atom is 0.247 e. The van der Waals surface area contributed by atoms with E-state index in [0.717, 1.165) is 19.3 Å². The van der Waals surface area contributed by atoms with E-state index in [0.29, 0.717) is 12.1 Å². The summed E-state index contributed by atoms with van der Waals surface area (Å²) in [5.74, 6) is 5.63. The van der Waals surface area contributed by atoms with Crippen LogP contribution in [0.15, 0.2) is 23.1 Å². The van der Waals surface area contributed by atoms with Crippen molar-refractivity contribution in [1.82, 2.24) is 9.21 Å². The maximum atomic E-state index is 13.5. The number of rotatable bonds is 5. The number of ether oxygens (including phenoxy) is 1. The summed E-state index contributed by atoms with van der Waals surface area (Å²) in [6.07, 6.45) is 2.40. The number of hydrogen-bond acceptors (Lipinski definition) is 6. The molecule has 1 heterocycles. The van der Waals surface area contributed by atoms with Crippen molar-refractivity contribution in [2.24, 2.45) is 11.8 Å². The number of fused-ring (bicyclic) bond motifs is 1. The van der Waals surface area contributed by atoms with Crippen molar-refractivity contribution in [3.8, 4) is 17.6 Å². The van der Waals surface area contributed by atoms with E-state index in [1.54, 1.807) is 44.9 Å². The Kier molecular flexibility index (Phi) is 7.98. The molecule has 1 aliphatic heterocycles. The van der Waals surface area contributed by atoms with Gasteiger partial charge in [-0.1, -0.05) is 25.2 Å². The van der Waals surface area contributed by atoms with Crippen molar-refractivity contribution >= 4 is 15.9 Å². The standard InChI is InChI=1S/C25H36N2O6S/c1-17-14-27(18(2)16-28)34(31,32)23-10-9-19(11-12-25(3,4)30)13-21(23)33-22(17)15-26(5)24(29)20-7-6-8-20/h9-10,13,17-18,20,22,28,30H,6-8,14-16H2,1-5H3/t17-,18-,22+/m1/s1. The topological polar surface area (TPSA) is 107 Å². The molecule has 0 radical (unpaired) electrons. The highest BCUT2D eigenvalue weighted by atomic mass is 32.2. The molecule has 188 valence electrons. The lowest BCUT2D eigenvalue weighted by Crippen LogP contribution is -2.50. The fourth-order valence-electron chi connectivity index (χ4n) is 4.07. The zero-order chi connectivity index (χ0) is 25.3. The molecular weight excluding hydrogens is 456 g/mol. The average molecular weight is 493 g/mol. The number of sulfonamides is 1. The fourth-order valence-corrected chi connectivity index (χ4v) is 5.90. The Balaban J connectivity index is 2.02. The predicted molar refractivity (Wildman–Crippen MR) is 129 cm³/mol. The first-order chi connectivity index (χ1) is 15.8. The zero-order valence-corrected chi connectivity index (χ0v) is 21.4.